The quantitative estimate of drug-likeness (QED) is 0.861. The molecule has 0 fully saturated rings. The van der Waals surface area contributed by atoms with Gasteiger partial charge in [0.15, 0.2) is 0 Å². The van der Waals surface area contributed by atoms with E-state index in [9.17, 15) is 14.4 Å². The number of hydrogen-bond acceptors (Lipinski definition) is 3. The number of imide groups is 1. The molecule has 0 saturated carbocycles. The molecule has 0 bridgehead atoms. The first-order valence-corrected chi connectivity index (χ1v) is 7.30. The Morgan fingerprint density at radius 3 is 2.43 bits per heavy atom. The van der Waals surface area contributed by atoms with Gasteiger partial charge in [0.2, 0.25) is 0 Å². The van der Waals surface area contributed by atoms with Crippen molar-refractivity contribution < 1.29 is 14.4 Å². The van der Waals surface area contributed by atoms with Crippen LogP contribution in [0.2, 0.25) is 5.02 Å². The van der Waals surface area contributed by atoms with Crippen LogP contribution in [-0.2, 0) is 0 Å². The molecule has 3 rings (SSSR count). The first-order chi connectivity index (χ1) is 10.9. The molecule has 23 heavy (non-hydrogen) atoms. The average Bonchev–Trinajstić information content (AvgIpc) is 2.75. The van der Waals surface area contributed by atoms with Gasteiger partial charge in [-0.1, -0.05) is 17.7 Å². The summed E-state index contributed by atoms with van der Waals surface area (Å²) in [6.45, 7) is 1.87. The number of rotatable bonds is 2. The van der Waals surface area contributed by atoms with E-state index in [1.807, 2.05) is 6.92 Å². The lowest BCUT2D eigenvalue weighted by molar-refractivity contribution is 0.0693. The fraction of sp³-hybridized carbons (Fsp3) is 0.118. The van der Waals surface area contributed by atoms with Crippen LogP contribution in [0.15, 0.2) is 36.4 Å². The van der Waals surface area contributed by atoms with Gasteiger partial charge >= 0.3 is 0 Å². The number of benzene rings is 2. The van der Waals surface area contributed by atoms with Crippen molar-refractivity contribution in [2.24, 2.45) is 0 Å². The Bertz CT molecular complexity index is 861. The van der Waals surface area contributed by atoms with E-state index in [1.54, 1.807) is 18.2 Å². The molecule has 0 aliphatic carbocycles. The van der Waals surface area contributed by atoms with Gasteiger partial charge in [-0.15, -0.1) is 0 Å². The summed E-state index contributed by atoms with van der Waals surface area (Å²) in [4.78, 5) is 37.2. The monoisotopic (exact) mass is 328 g/mol. The first-order valence-electron chi connectivity index (χ1n) is 6.92. The van der Waals surface area contributed by atoms with Crippen LogP contribution in [0, 0.1) is 6.92 Å². The van der Waals surface area contributed by atoms with Crippen molar-refractivity contribution in [1.82, 2.24) is 4.90 Å². The van der Waals surface area contributed by atoms with Crippen molar-refractivity contribution in [3.63, 3.8) is 0 Å². The third-order valence-corrected chi connectivity index (χ3v) is 4.19. The maximum Gasteiger partial charge on any atom is 0.261 e. The minimum absolute atomic E-state index is 0.243. The maximum absolute atomic E-state index is 12.3. The zero-order chi connectivity index (χ0) is 16.7. The lowest BCUT2D eigenvalue weighted by Gasteiger charge is -2.07. The predicted molar refractivity (Wildman–Crippen MR) is 87.0 cm³/mol. The highest BCUT2D eigenvalue weighted by atomic mass is 35.5. The lowest BCUT2D eigenvalue weighted by atomic mass is 10.1. The first kappa shape index (κ1) is 15.2. The predicted octanol–water partition coefficient (Wildman–Crippen LogP) is 3.13. The Labute approximate surface area is 137 Å². The van der Waals surface area contributed by atoms with E-state index in [4.69, 9.17) is 11.6 Å². The second-order valence-corrected chi connectivity index (χ2v) is 5.75. The smallest absolute Gasteiger partial charge is 0.261 e. The topological polar surface area (TPSA) is 66.5 Å². The van der Waals surface area contributed by atoms with E-state index < -0.39 is 5.91 Å². The zero-order valence-electron chi connectivity index (χ0n) is 12.5. The van der Waals surface area contributed by atoms with Gasteiger partial charge in [0.05, 0.1) is 11.1 Å². The standard InChI is InChI=1S/C17H13ClN2O3/c1-9-3-5-11(8-14(9)18)19-15(21)10-4-6-12-13(7-10)17(23)20(2)16(12)22/h3-8H,1-2H3,(H,19,21). The molecule has 0 saturated heterocycles. The van der Waals surface area contributed by atoms with E-state index in [0.717, 1.165) is 10.5 Å². The number of anilines is 1. The number of hydrogen-bond donors (Lipinski definition) is 1. The molecule has 2 aromatic rings. The number of carbonyl (C=O) groups is 3. The fourth-order valence-electron chi connectivity index (χ4n) is 2.38. The minimum Gasteiger partial charge on any atom is -0.322 e. The Morgan fingerprint density at radius 2 is 1.74 bits per heavy atom. The van der Waals surface area contributed by atoms with Gasteiger partial charge in [0, 0.05) is 23.3 Å². The molecule has 5 nitrogen and oxygen atoms in total. The number of nitrogens with one attached hydrogen (secondary N) is 1. The summed E-state index contributed by atoms with van der Waals surface area (Å²) in [5.41, 5.74) is 2.33. The molecule has 0 unspecified atom stereocenters. The van der Waals surface area contributed by atoms with E-state index in [-0.39, 0.29) is 17.4 Å². The lowest BCUT2D eigenvalue weighted by Crippen LogP contribution is -2.24. The Morgan fingerprint density at radius 1 is 1.04 bits per heavy atom. The molecule has 6 heteroatoms. The van der Waals surface area contributed by atoms with Crippen molar-refractivity contribution in [3.8, 4) is 0 Å². The highest BCUT2D eigenvalue weighted by Crippen LogP contribution is 2.24. The molecule has 1 N–H and O–H groups in total. The third kappa shape index (κ3) is 2.59. The molecule has 0 spiro atoms. The summed E-state index contributed by atoms with van der Waals surface area (Å²) in [6.07, 6.45) is 0. The van der Waals surface area contributed by atoms with Crippen LogP contribution in [0.5, 0.6) is 0 Å². The average molecular weight is 329 g/mol. The highest BCUT2D eigenvalue weighted by Gasteiger charge is 2.33. The molecule has 1 aliphatic rings. The summed E-state index contributed by atoms with van der Waals surface area (Å²) in [6, 6.07) is 9.66. The number of amides is 3. The number of halogens is 1. The molecule has 1 aliphatic heterocycles. The molecule has 0 atom stereocenters. The van der Waals surface area contributed by atoms with Crippen LogP contribution in [0.4, 0.5) is 5.69 Å². The summed E-state index contributed by atoms with van der Waals surface area (Å²) >= 11 is 6.03. The Kier molecular flexibility index (Phi) is 3.66. The van der Waals surface area contributed by atoms with Crippen LogP contribution in [0.1, 0.15) is 36.6 Å². The highest BCUT2D eigenvalue weighted by molar-refractivity contribution is 6.31. The van der Waals surface area contributed by atoms with Gasteiger partial charge in [0.1, 0.15) is 0 Å². The van der Waals surface area contributed by atoms with Gasteiger partial charge in [-0.05, 0) is 42.8 Å². The second-order valence-electron chi connectivity index (χ2n) is 5.35. The van der Waals surface area contributed by atoms with Crippen molar-refractivity contribution in [1.29, 1.82) is 0 Å². The Balaban J connectivity index is 1.88. The van der Waals surface area contributed by atoms with E-state index >= 15 is 0 Å². The summed E-state index contributed by atoms with van der Waals surface area (Å²) in [7, 11) is 1.42. The largest absolute Gasteiger partial charge is 0.322 e. The van der Waals surface area contributed by atoms with Crippen LogP contribution >= 0.6 is 11.6 Å². The van der Waals surface area contributed by atoms with Crippen molar-refractivity contribution in [3.05, 3.63) is 63.7 Å². The molecule has 0 radical (unpaired) electrons. The zero-order valence-corrected chi connectivity index (χ0v) is 13.3. The van der Waals surface area contributed by atoms with E-state index in [2.05, 4.69) is 5.32 Å². The van der Waals surface area contributed by atoms with Crippen molar-refractivity contribution >= 4 is 35.0 Å². The normalized spacial score (nSPS) is 13.3. The molecule has 3 amide bonds. The molecular formula is C17H13ClN2O3. The van der Waals surface area contributed by atoms with E-state index in [0.29, 0.717) is 21.8 Å². The molecule has 116 valence electrons. The second kappa shape index (κ2) is 5.52. The molecule has 2 aromatic carbocycles. The van der Waals surface area contributed by atoms with Gasteiger partial charge in [0.25, 0.3) is 17.7 Å². The van der Waals surface area contributed by atoms with Gasteiger partial charge in [-0.3, -0.25) is 19.3 Å². The maximum atomic E-state index is 12.3. The van der Waals surface area contributed by atoms with Gasteiger partial charge in [-0.25, -0.2) is 0 Å². The number of carbonyl (C=O) groups excluding carboxylic acids is 3. The van der Waals surface area contributed by atoms with Crippen molar-refractivity contribution in [2.75, 3.05) is 12.4 Å². The molecule has 1 heterocycles. The molecular weight excluding hydrogens is 316 g/mol. The van der Waals surface area contributed by atoms with E-state index in [1.165, 1.54) is 25.2 Å². The van der Waals surface area contributed by atoms with Crippen molar-refractivity contribution in [2.45, 2.75) is 6.92 Å². The van der Waals surface area contributed by atoms with Crippen LogP contribution in [0.3, 0.4) is 0 Å². The fourth-order valence-corrected chi connectivity index (χ4v) is 2.56. The van der Waals surface area contributed by atoms with Gasteiger partial charge in [-0.2, -0.15) is 0 Å². The number of fused-ring (bicyclic) bond motifs is 1. The summed E-state index contributed by atoms with van der Waals surface area (Å²) in [5, 5.41) is 3.28. The van der Waals surface area contributed by atoms with Crippen LogP contribution in [0.25, 0.3) is 0 Å². The Hall–Kier alpha value is -2.66. The SMILES string of the molecule is Cc1ccc(NC(=O)c2ccc3c(c2)C(=O)N(C)C3=O)cc1Cl. The minimum atomic E-state index is -0.405. The number of nitrogens with zero attached hydrogens (tertiary/aromatic N) is 1. The third-order valence-electron chi connectivity index (χ3n) is 3.78. The van der Waals surface area contributed by atoms with Gasteiger partial charge < -0.3 is 5.32 Å². The van der Waals surface area contributed by atoms with Crippen LogP contribution in [-0.4, -0.2) is 29.7 Å². The summed E-state index contributed by atoms with van der Waals surface area (Å²) in [5.74, 6) is -1.14. The summed E-state index contributed by atoms with van der Waals surface area (Å²) < 4.78 is 0. The number of aryl methyl sites for hydroxylation is 1. The van der Waals surface area contributed by atoms with Crippen LogP contribution < -0.4 is 5.32 Å². The molecule has 0 aromatic heterocycles.